The van der Waals surface area contributed by atoms with Crippen LogP contribution >= 0.6 is 15.9 Å². The number of rotatable bonds is 1. The maximum Gasteiger partial charge on any atom is 0.260 e. The molecule has 1 amide bonds. The average molecular weight is 276 g/mol. The summed E-state index contributed by atoms with van der Waals surface area (Å²) in [5.74, 6) is 0.0983. The van der Waals surface area contributed by atoms with Crippen LogP contribution in [0, 0.1) is 0 Å². The Labute approximate surface area is 102 Å². The Kier molecular flexibility index (Phi) is 2.04. The third-order valence-corrected chi connectivity index (χ3v) is 3.70. The topological polar surface area (TPSA) is 20.3 Å². The van der Waals surface area contributed by atoms with E-state index in [0.29, 0.717) is 6.54 Å². The summed E-state index contributed by atoms with van der Waals surface area (Å²) < 4.78 is 0.883. The molecule has 0 unspecified atom stereocenters. The van der Waals surface area contributed by atoms with Crippen molar-refractivity contribution in [3.05, 3.63) is 40.4 Å². The second-order valence-electron chi connectivity index (χ2n) is 3.85. The first kappa shape index (κ1) is 9.85. The van der Waals surface area contributed by atoms with Crippen molar-refractivity contribution in [2.24, 2.45) is 0 Å². The molecule has 0 atom stereocenters. The summed E-state index contributed by atoms with van der Waals surface area (Å²) in [6.07, 6.45) is 0. The largest absolute Gasteiger partial charge is 0.308 e. The first-order valence-electron chi connectivity index (χ1n) is 5.27. The lowest BCUT2D eigenvalue weighted by Crippen LogP contribution is -2.26. The van der Waals surface area contributed by atoms with Crippen LogP contribution in [-0.4, -0.2) is 12.5 Å². The van der Waals surface area contributed by atoms with E-state index in [-0.39, 0.29) is 5.91 Å². The lowest BCUT2D eigenvalue weighted by Gasteiger charge is -2.14. The zero-order valence-electron chi connectivity index (χ0n) is 8.83. The molecule has 16 heavy (non-hydrogen) atoms. The molecule has 1 heterocycles. The molecule has 0 saturated carbocycles. The van der Waals surface area contributed by atoms with Crippen LogP contribution in [0.4, 0.5) is 5.69 Å². The van der Waals surface area contributed by atoms with Crippen molar-refractivity contribution < 1.29 is 4.79 Å². The Morgan fingerprint density at radius 3 is 2.81 bits per heavy atom. The van der Waals surface area contributed by atoms with Gasteiger partial charge in [-0.2, -0.15) is 0 Å². The normalized spacial score (nSPS) is 13.9. The number of hydrogen-bond donors (Lipinski definition) is 0. The highest BCUT2D eigenvalue weighted by Crippen LogP contribution is 2.40. The number of hydrogen-bond acceptors (Lipinski definition) is 1. The Balaban J connectivity index is 2.48. The zero-order chi connectivity index (χ0) is 11.3. The molecule has 3 heteroatoms. The molecule has 0 radical (unpaired) electrons. The molecule has 2 aromatic carbocycles. The monoisotopic (exact) mass is 275 g/mol. The summed E-state index contributed by atoms with van der Waals surface area (Å²) in [7, 11) is 0. The Bertz CT molecular complexity index is 606. The molecule has 0 aromatic heterocycles. The van der Waals surface area contributed by atoms with Crippen LogP contribution in [0.3, 0.4) is 0 Å². The van der Waals surface area contributed by atoms with Crippen LogP contribution < -0.4 is 4.90 Å². The molecular formula is C13H10BrNO. The van der Waals surface area contributed by atoms with Gasteiger partial charge >= 0.3 is 0 Å². The number of benzene rings is 2. The van der Waals surface area contributed by atoms with Gasteiger partial charge in [0.25, 0.3) is 5.91 Å². The quantitative estimate of drug-likeness (QED) is 0.779. The predicted octanol–water partition coefficient (Wildman–Crippen LogP) is 3.58. The molecule has 0 aliphatic carbocycles. The van der Waals surface area contributed by atoms with Gasteiger partial charge in [0.2, 0.25) is 0 Å². The lowest BCUT2D eigenvalue weighted by atomic mass is 10.1. The smallest absolute Gasteiger partial charge is 0.260 e. The standard InChI is InChI=1S/C13H10BrNO/c1-2-15-10-5-3-4-8-6-7-9(14)12(11(8)10)13(15)16/h3-7H,2H2,1H3. The zero-order valence-corrected chi connectivity index (χ0v) is 10.4. The van der Waals surface area contributed by atoms with E-state index in [4.69, 9.17) is 0 Å². The van der Waals surface area contributed by atoms with E-state index in [1.807, 2.05) is 42.2 Å². The van der Waals surface area contributed by atoms with Crippen molar-refractivity contribution in [3.8, 4) is 0 Å². The number of nitrogens with zero attached hydrogens (tertiary/aromatic N) is 1. The van der Waals surface area contributed by atoms with Crippen LogP contribution in [0.2, 0.25) is 0 Å². The Morgan fingerprint density at radius 1 is 1.25 bits per heavy atom. The summed E-state index contributed by atoms with van der Waals surface area (Å²) in [5.41, 5.74) is 1.83. The van der Waals surface area contributed by atoms with Gasteiger partial charge in [-0.1, -0.05) is 18.2 Å². The fraction of sp³-hybridized carbons (Fsp3) is 0.154. The van der Waals surface area contributed by atoms with Crippen molar-refractivity contribution >= 4 is 38.3 Å². The van der Waals surface area contributed by atoms with Crippen LogP contribution in [0.5, 0.6) is 0 Å². The maximum atomic E-state index is 12.2. The highest BCUT2D eigenvalue weighted by atomic mass is 79.9. The van der Waals surface area contributed by atoms with Crippen LogP contribution in [0.1, 0.15) is 17.3 Å². The van der Waals surface area contributed by atoms with Crippen LogP contribution in [0.25, 0.3) is 10.8 Å². The molecule has 2 aromatic rings. The van der Waals surface area contributed by atoms with Gasteiger partial charge in [0.05, 0.1) is 11.3 Å². The number of anilines is 1. The summed E-state index contributed by atoms with van der Waals surface area (Å²) >= 11 is 3.46. The van der Waals surface area contributed by atoms with E-state index in [2.05, 4.69) is 15.9 Å². The number of carbonyl (C=O) groups is 1. The average Bonchev–Trinajstić information content (AvgIpc) is 2.58. The van der Waals surface area contributed by atoms with E-state index < -0.39 is 0 Å². The predicted molar refractivity (Wildman–Crippen MR) is 69.0 cm³/mol. The SMILES string of the molecule is CCN1C(=O)c2c(Br)ccc3cccc1c23. The minimum Gasteiger partial charge on any atom is -0.308 e. The third-order valence-electron chi connectivity index (χ3n) is 3.04. The van der Waals surface area contributed by atoms with Crippen LogP contribution in [-0.2, 0) is 0 Å². The van der Waals surface area contributed by atoms with Crippen LogP contribution in [0.15, 0.2) is 34.8 Å². The molecule has 3 rings (SSSR count). The second-order valence-corrected chi connectivity index (χ2v) is 4.70. The van der Waals surface area contributed by atoms with Gasteiger partial charge < -0.3 is 4.90 Å². The molecule has 80 valence electrons. The fourth-order valence-corrected chi connectivity index (χ4v) is 2.83. The van der Waals surface area contributed by atoms with Crippen molar-refractivity contribution in [1.82, 2.24) is 0 Å². The number of carbonyl (C=O) groups excluding carboxylic acids is 1. The van der Waals surface area contributed by atoms with Crippen molar-refractivity contribution in [2.75, 3.05) is 11.4 Å². The molecule has 0 spiro atoms. The number of amides is 1. The molecule has 1 aliphatic heterocycles. The molecular weight excluding hydrogens is 266 g/mol. The van der Waals surface area contributed by atoms with E-state index in [1.54, 1.807) is 0 Å². The third kappa shape index (κ3) is 1.09. The van der Waals surface area contributed by atoms with Gasteiger partial charge in [-0.15, -0.1) is 0 Å². The highest BCUT2D eigenvalue weighted by molar-refractivity contribution is 9.10. The van der Waals surface area contributed by atoms with E-state index >= 15 is 0 Å². The first-order chi connectivity index (χ1) is 7.74. The first-order valence-corrected chi connectivity index (χ1v) is 6.06. The molecule has 0 saturated heterocycles. The van der Waals surface area contributed by atoms with E-state index in [0.717, 1.165) is 26.5 Å². The summed E-state index contributed by atoms with van der Waals surface area (Å²) in [4.78, 5) is 14.0. The van der Waals surface area contributed by atoms with Gasteiger partial charge in [-0.25, -0.2) is 0 Å². The molecule has 0 N–H and O–H groups in total. The van der Waals surface area contributed by atoms with Gasteiger partial charge in [0.15, 0.2) is 0 Å². The van der Waals surface area contributed by atoms with Crippen molar-refractivity contribution in [3.63, 3.8) is 0 Å². The fourth-order valence-electron chi connectivity index (χ4n) is 2.33. The minimum atomic E-state index is 0.0983. The molecule has 2 nitrogen and oxygen atoms in total. The summed E-state index contributed by atoms with van der Waals surface area (Å²) in [5, 5.41) is 2.20. The lowest BCUT2D eigenvalue weighted by molar-refractivity contribution is 0.0994. The molecule has 0 bridgehead atoms. The van der Waals surface area contributed by atoms with Gasteiger partial charge in [-0.05, 0) is 40.4 Å². The van der Waals surface area contributed by atoms with Crippen molar-refractivity contribution in [1.29, 1.82) is 0 Å². The van der Waals surface area contributed by atoms with Crippen molar-refractivity contribution in [2.45, 2.75) is 6.92 Å². The van der Waals surface area contributed by atoms with Gasteiger partial charge in [0, 0.05) is 16.4 Å². The van der Waals surface area contributed by atoms with Gasteiger partial charge in [-0.3, -0.25) is 4.79 Å². The molecule has 1 aliphatic rings. The maximum absolute atomic E-state index is 12.2. The van der Waals surface area contributed by atoms with E-state index in [9.17, 15) is 4.79 Å². The van der Waals surface area contributed by atoms with Gasteiger partial charge in [0.1, 0.15) is 0 Å². The number of halogens is 1. The molecule has 0 fully saturated rings. The second kappa shape index (κ2) is 3.32. The summed E-state index contributed by atoms with van der Waals surface area (Å²) in [6, 6.07) is 10.0. The summed E-state index contributed by atoms with van der Waals surface area (Å²) in [6.45, 7) is 2.70. The van der Waals surface area contributed by atoms with E-state index in [1.165, 1.54) is 0 Å². The Morgan fingerprint density at radius 2 is 2.06 bits per heavy atom. The Hall–Kier alpha value is -1.35. The minimum absolute atomic E-state index is 0.0983. The highest BCUT2D eigenvalue weighted by Gasteiger charge is 2.30.